The van der Waals surface area contributed by atoms with Crippen LogP contribution in [-0.4, -0.2) is 22.9 Å². The molecule has 0 aliphatic rings. The molecule has 4 heteroatoms. The Balaban J connectivity index is 2.22. The lowest BCUT2D eigenvalue weighted by Gasteiger charge is -2.34. The lowest BCUT2D eigenvalue weighted by Crippen LogP contribution is -2.44. The molecule has 108 valence electrons. The molecule has 0 saturated carbocycles. The van der Waals surface area contributed by atoms with E-state index < -0.39 is 0 Å². The van der Waals surface area contributed by atoms with E-state index in [2.05, 4.69) is 24.3 Å². The summed E-state index contributed by atoms with van der Waals surface area (Å²) < 4.78 is 14.9. The third kappa shape index (κ3) is 3.07. The first-order valence-electron chi connectivity index (χ1n) is 6.84. The molecule has 1 atom stereocenters. The topological polar surface area (TPSA) is 29.9 Å². The van der Waals surface area contributed by atoms with Gasteiger partial charge in [-0.1, -0.05) is 26.0 Å². The largest absolute Gasteiger partial charge is 0.316 e. The van der Waals surface area contributed by atoms with Crippen LogP contribution < -0.4 is 5.32 Å². The highest BCUT2D eigenvalue weighted by Gasteiger charge is 2.30. The zero-order chi connectivity index (χ0) is 14.8. The fourth-order valence-electron chi connectivity index (χ4n) is 2.61. The number of hydrogen-bond acceptors (Lipinski definition) is 2. The van der Waals surface area contributed by atoms with Crippen LogP contribution in [0.4, 0.5) is 4.39 Å². The summed E-state index contributed by atoms with van der Waals surface area (Å²) in [6, 6.07) is 7.02. The van der Waals surface area contributed by atoms with E-state index in [0.717, 1.165) is 12.0 Å². The molecule has 0 fully saturated rings. The monoisotopic (exact) mass is 275 g/mol. The van der Waals surface area contributed by atoms with Crippen molar-refractivity contribution in [3.05, 3.63) is 53.6 Å². The van der Waals surface area contributed by atoms with E-state index >= 15 is 0 Å². The first-order chi connectivity index (χ1) is 9.43. The zero-order valence-electron chi connectivity index (χ0n) is 12.5. The summed E-state index contributed by atoms with van der Waals surface area (Å²) in [7, 11) is 3.88. The molecule has 1 aromatic heterocycles. The molecule has 2 rings (SSSR count). The van der Waals surface area contributed by atoms with Crippen LogP contribution in [0.2, 0.25) is 0 Å². The number of benzene rings is 1. The van der Waals surface area contributed by atoms with E-state index in [1.54, 1.807) is 0 Å². The normalized spacial score (nSPS) is 13.4. The Morgan fingerprint density at radius 3 is 2.45 bits per heavy atom. The second-order valence-corrected chi connectivity index (χ2v) is 5.80. The van der Waals surface area contributed by atoms with Crippen molar-refractivity contribution in [2.24, 2.45) is 7.05 Å². The fourth-order valence-corrected chi connectivity index (χ4v) is 2.61. The Hall–Kier alpha value is -1.68. The Labute approximate surface area is 119 Å². The summed E-state index contributed by atoms with van der Waals surface area (Å²) in [4.78, 5) is 0. The van der Waals surface area contributed by atoms with Crippen molar-refractivity contribution in [3.8, 4) is 0 Å². The van der Waals surface area contributed by atoms with E-state index in [1.165, 1.54) is 17.7 Å². The van der Waals surface area contributed by atoms with Crippen molar-refractivity contribution < 1.29 is 4.39 Å². The van der Waals surface area contributed by atoms with Gasteiger partial charge < -0.3 is 5.32 Å². The van der Waals surface area contributed by atoms with Crippen molar-refractivity contribution >= 4 is 0 Å². The van der Waals surface area contributed by atoms with E-state index in [1.807, 2.05) is 43.3 Å². The van der Waals surface area contributed by atoms with E-state index in [9.17, 15) is 4.39 Å². The average molecular weight is 275 g/mol. The second-order valence-electron chi connectivity index (χ2n) is 5.80. The highest BCUT2D eigenvalue weighted by Crippen LogP contribution is 2.29. The van der Waals surface area contributed by atoms with Gasteiger partial charge in [-0.05, 0) is 36.7 Å². The molecule has 20 heavy (non-hydrogen) atoms. The SMILES string of the molecule is CNC(Cc1cnn(C)c1)C(C)(C)c1ccc(F)cc1. The summed E-state index contributed by atoms with van der Waals surface area (Å²) in [6.45, 7) is 4.36. The molecule has 0 aliphatic heterocycles. The van der Waals surface area contributed by atoms with E-state index in [-0.39, 0.29) is 17.3 Å². The molecular weight excluding hydrogens is 253 g/mol. The maximum atomic E-state index is 13.1. The van der Waals surface area contributed by atoms with Crippen LogP contribution in [-0.2, 0) is 18.9 Å². The van der Waals surface area contributed by atoms with Gasteiger partial charge in [0.25, 0.3) is 0 Å². The Kier molecular flexibility index (Phi) is 4.23. The van der Waals surface area contributed by atoms with Gasteiger partial charge >= 0.3 is 0 Å². The zero-order valence-corrected chi connectivity index (χ0v) is 12.5. The van der Waals surface area contributed by atoms with Gasteiger partial charge in [-0.3, -0.25) is 4.68 Å². The molecule has 0 spiro atoms. The van der Waals surface area contributed by atoms with Gasteiger partial charge in [-0.2, -0.15) is 5.10 Å². The van der Waals surface area contributed by atoms with Crippen LogP contribution in [0.5, 0.6) is 0 Å². The number of halogens is 1. The molecule has 1 N–H and O–H groups in total. The third-order valence-corrected chi connectivity index (χ3v) is 4.01. The molecule has 3 nitrogen and oxygen atoms in total. The Morgan fingerprint density at radius 2 is 1.95 bits per heavy atom. The summed E-state index contributed by atoms with van der Waals surface area (Å²) in [5, 5.41) is 7.59. The predicted octanol–water partition coefficient (Wildman–Crippen LogP) is 2.67. The molecule has 0 aliphatic carbocycles. The minimum atomic E-state index is -0.196. The van der Waals surface area contributed by atoms with Gasteiger partial charge in [0.15, 0.2) is 0 Å². The van der Waals surface area contributed by atoms with Gasteiger partial charge in [0.2, 0.25) is 0 Å². The van der Waals surface area contributed by atoms with Crippen LogP contribution >= 0.6 is 0 Å². The Bertz CT molecular complexity index is 557. The minimum absolute atomic E-state index is 0.0989. The molecule has 0 saturated heterocycles. The smallest absolute Gasteiger partial charge is 0.123 e. The first-order valence-corrected chi connectivity index (χ1v) is 6.84. The minimum Gasteiger partial charge on any atom is -0.316 e. The van der Waals surface area contributed by atoms with Gasteiger partial charge in [0.1, 0.15) is 5.82 Å². The molecule has 0 amide bonds. The number of hydrogen-bond donors (Lipinski definition) is 1. The van der Waals surface area contributed by atoms with Crippen LogP contribution in [0, 0.1) is 5.82 Å². The van der Waals surface area contributed by atoms with Gasteiger partial charge in [-0.15, -0.1) is 0 Å². The van der Waals surface area contributed by atoms with Crippen molar-refractivity contribution in [3.63, 3.8) is 0 Å². The summed E-state index contributed by atoms with van der Waals surface area (Å²) in [5.41, 5.74) is 2.22. The number of rotatable bonds is 5. The van der Waals surface area contributed by atoms with Gasteiger partial charge in [0, 0.05) is 24.7 Å². The summed E-state index contributed by atoms with van der Waals surface area (Å²) in [6.07, 6.45) is 4.81. The van der Waals surface area contributed by atoms with Crippen molar-refractivity contribution in [1.82, 2.24) is 15.1 Å². The van der Waals surface area contributed by atoms with E-state index in [4.69, 9.17) is 0 Å². The molecule has 2 aromatic rings. The van der Waals surface area contributed by atoms with Crippen LogP contribution in [0.1, 0.15) is 25.0 Å². The molecular formula is C16H22FN3. The number of nitrogens with zero attached hydrogens (tertiary/aromatic N) is 2. The van der Waals surface area contributed by atoms with Gasteiger partial charge in [0.05, 0.1) is 6.20 Å². The van der Waals surface area contributed by atoms with Crippen molar-refractivity contribution in [2.75, 3.05) is 7.05 Å². The molecule has 0 bridgehead atoms. The maximum Gasteiger partial charge on any atom is 0.123 e. The van der Waals surface area contributed by atoms with Crippen molar-refractivity contribution in [2.45, 2.75) is 31.7 Å². The first kappa shape index (κ1) is 14.7. The number of aromatic nitrogens is 2. The maximum absolute atomic E-state index is 13.1. The van der Waals surface area contributed by atoms with Gasteiger partial charge in [-0.25, -0.2) is 4.39 Å². The highest BCUT2D eigenvalue weighted by atomic mass is 19.1. The quantitative estimate of drug-likeness (QED) is 0.909. The second kappa shape index (κ2) is 5.75. The Morgan fingerprint density at radius 1 is 1.30 bits per heavy atom. The fraction of sp³-hybridized carbons (Fsp3) is 0.438. The molecule has 1 unspecified atom stereocenters. The lowest BCUT2D eigenvalue weighted by molar-refractivity contribution is 0.356. The molecule has 1 aromatic carbocycles. The summed E-state index contributed by atoms with van der Waals surface area (Å²) in [5.74, 6) is -0.196. The molecule has 0 radical (unpaired) electrons. The van der Waals surface area contributed by atoms with Crippen molar-refractivity contribution in [1.29, 1.82) is 0 Å². The average Bonchev–Trinajstić information content (AvgIpc) is 2.82. The van der Waals surface area contributed by atoms with Crippen LogP contribution in [0.3, 0.4) is 0 Å². The third-order valence-electron chi connectivity index (χ3n) is 4.01. The highest BCUT2D eigenvalue weighted by molar-refractivity contribution is 5.27. The predicted molar refractivity (Wildman–Crippen MR) is 79.2 cm³/mol. The summed E-state index contributed by atoms with van der Waals surface area (Å²) >= 11 is 0. The van der Waals surface area contributed by atoms with Crippen LogP contribution in [0.15, 0.2) is 36.7 Å². The molecule has 1 heterocycles. The standard InChI is InChI=1S/C16H22FN3/c1-16(2,13-5-7-14(17)8-6-13)15(18-3)9-12-10-19-20(4)11-12/h5-8,10-11,15,18H,9H2,1-4H3. The van der Waals surface area contributed by atoms with E-state index in [0.29, 0.717) is 0 Å². The number of likely N-dealkylation sites (N-methyl/N-ethyl adjacent to an activating group) is 1. The van der Waals surface area contributed by atoms with Crippen LogP contribution in [0.25, 0.3) is 0 Å². The number of nitrogens with one attached hydrogen (secondary N) is 1. The number of aryl methyl sites for hydroxylation is 1. The lowest BCUT2D eigenvalue weighted by atomic mass is 9.75.